The lowest BCUT2D eigenvalue weighted by molar-refractivity contribution is -0.131. The molecule has 1 fully saturated rings. The topological polar surface area (TPSA) is 61.4 Å². The van der Waals surface area contributed by atoms with Crippen LogP contribution in [-0.2, 0) is 4.79 Å². The number of rotatable bonds is 6. The zero-order chi connectivity index (χ0) is 12.9. The maximum absolute atomic E-state index is 12.3. The Kier molecular flexibility index (Phi) is 5.40. The summed E-state index contributed by atoms with van der Waals surface area (Å²) in [6.07, 6.45) is 2.58. The molecule has 0 radical (unpaired) electrons. The van der Waals surface area contributed by atoms with Crippen LogP contribution in [0, 0.1) is 11.3 Å². The van der Waals surface area contributed by atoms with Gasteiger partial charge in [-0.2, -0.15) is 0 Å². The average Bonchev–Trinajstić information content (AvgIpc) is 2.77. The molecule has 1 amide bonds. The van der Waals surface area contributed by atoms with Crippen molar-refractivity contribution >= 4 is 5.91 Å². The van der Waals surface area contributed by atoms with Crippen LogP contribution in [0.5, 0.6) is 0 Å². The smallest absolute Gasteiger partial charge is 0.227 e. The SMILES string of the molecule is CCC1(C(=O)NC(CO)CC(C)C)CCNC1. The van der Waals surface area contributed by atoms with Gasteiger partial charge < -0.3 is 15.7 Å². The fraction of sp³-hybridized carbons (Fsp3) is 0.923. The van der Waals surface area contributed by atoms with Crippen molar-refractivity contribution in [1.29, 1.82) is 0 Å². The Balaban J connectivity index is 2.56. The van der Waals surface area contributed by atoms with Crippen molar-refractivity contribution in [3.63, 3.8) is 0 Å². The fourth-order valence-corrected chi connectivity index (χ4v) is 2.49. The number of amides is 1. The summed E-state index contributed by atoms with van der Waals surface area (Å²) >= 11 is 0. The molecule has 100 valence electrons. The Labute approximate surface area is 104 Å². The van der Waals surface area contributed by atoms with Crippen molar-refractivity contribution in [3.05, 3.63) is 0 Å². The summed E-state index contributed by atoms with van der Waals surface area (Å²) in [6.45, 7) is 7.95. The van der Waals surface area contributed by atoms with Gasteiger partial charge in [0.15, 0.2) is 0 Å². The number of carbonyl (C=O) groups excluding carboxylic acids is 1. The summed E-state index contributed by atoms with van der Waals surface area (Å²) in [6, 6.07) is -0.105. The molecule has 1 saturated heterocycles. The van der Waals surface area contributed by atoms with Gasteiger partial charge >= 0.3 is 0 Å². The molecular weight excluding hydrogens is 216 g/mol. The number of hydrogen-bond donors (Lipinski definition) is 3. The number of hydrogen-bond acceptors (Lipinski definition) is 3. The van der Waals surface area contributed by atoms with E-state index in [1.807, 2.05) is 0 Å². The normalized spacial score (nSPS) is 26.2. The molecule has 1 aliphatic heterocycles. The highest BCUT2D eigenvalue weighted by Crippen LogP contribution is 2.29. The number of nitrogens with one attached hydrogen (secondary N) is 2. The minimum absolute atomic E-state index is 0.0249. The lowest BCUT2D eigenvalue weighted by atomic mass is 9.83. The largest absolute Gasteiger partial charge is 0.394 e. The first-order chi connectivity index (χ1) is 8.04. The van der Waals surface area contributed by atoms with Gasteiger partial charge in [0, 0.05) is 6.54 Å². The molecule has 1 rings (SSSR count). The third-order valence-electron chi connectivity index (χ3n) is 3.71. The standard InChI is InChI=1S/C13H26N2O2/c1-4-13(5-6-14-9-13)12(17)15-11(8-16)7-10(2)3/h10-11,14,16H,4-9H2,1-3H3,(H,15,17). The van der Waals surface area contributed by atoms with Crippen LogP contribution in [0.4, 0.5) is 0 Å². The minimum Gasteiger partial charge on any atom is -0.394 e. The zero-order valence-electron chi connectivity index (χ0n) is 11.3. The molecule has 4 nitrogen and oxygen atoms in total. The number of aliphatic hydroxyl groups excluding tert-OH is 1. The van der Waals surface area contributed by atoms with Crippen LogP contribution in [0.15, 0.2) is 0 Å². The van der Waals surface area contributed by atoms with Gasteiger partial charge in [0.25, 0.3) is 0 Å². The third-order valence-corrected chi connectivity index (χ3v) is 3.71. The van der Waals surface area contributed by atoms with E-state index in [1.54, 1.807) is 0 Å². The molecule has 0 aromatic rings. The monoisotopic (exact) mass is 242 g/mol. The van der Waals surface area contributed by atoms with E-state index in [0.29, 0.717) is 5.92 Å². The van der Waals surface area contributed by atoms with Crippen LogP contribution < -0.4 is 10.6 Å². The molecule has 0 aromatic heterocycles. The Hall–Kier alpha value is -0.610. The van der Waals surface area contributed by atoms with Crippen molar-refractivity contribution in [3.8, 4) is 0 Å². The molecule has 0 aromatic carbocycles. The quantitative estimate of drug-likeness (QED) is 0.648. The fourth-order valence-electron chi connectivity index (χ4n) is 2.49. The van der Waals surface area contributed by atoms with Crippen molar-refractivity contribution in [2.45, 2.75) is 46.1 Å². The molecule has 4 heteroatoms. The molecule has 2 unspecified atom stereocenters. The van der Waals surface area contributed by atoms with E-state index in [9.17, 15) is 9.90 Å². The van der Waals surface area contributed by atoms with Crippen molar-refractivity contribution in [1.82, 2.24) is 10.6 Å². The van der Waals surface area contributed by atoms with E-state index in [-0.39, 0.29) is 24.0 Å². The van der Waals surface area contributed by atoms with Gasteiger partial charge in [-0.05, 0) is 31.7 Å². The Morgan fingerprint density at radius 2 is 2.24 bits per heavy atom. The van der Waals surface area contributed by atoms with E-state index in [4.69, 9.17) is 0 Å². The highest BCUT2D eigenvalue weighted by molar-refractivity contribution is 5.83. The van der Waals surface area contributed by atoms with E-state index < -0.39 is 0 Å². The molecule has 0 bridgehead atoms. The Bertz CT molecular complexity index is 248. The summed E-state index contributed by atoms with van der Waals surface area (Å²) in [5.74, 6) is 0.580. The summed E-state index contributed by atoms with van der Waals surface area (Å²) < 4.78 is 0. The van der Waals surface area contributed by atoms with Crippen LogP contribution in [0.1, 0.15) is 40.0 Å². The summed E-state index contributed by atoms with van der Waals surface area (Å²) in [4.78, 5) is 12.3. The Morgan fingerprint density at radius 3 is 2.65 bits per heavy atom. The molecule has 0 saturated carbocycles. The highest BCUT2D eigenvalue weighted by Gasteiger charge is 2.39. The molecule has 1 heterocycles. The number of carbonyl (C=O) groups is 1. The summed E-state index contributed by atoms with van der Waals surface area (Å²) in [7, 11) is 0. The maximum atomic E-state index is 12.3. The van der Waals surface area contributed by atoms with Crippen LogP contribution in [-0.4, -0.2) is 36.8 Å². The minimum atomic E-state index is -0.260. The number of aliphatic hydroxyl groups is 1. The van der Waals surface area contributed by atoms with Crippen molar-refractivity contribution in [2.24, 2.45) is 11.3 Å². The molecule has 1 aliphatic rings. The molecule has 3 N–H and O–H groups in total. The van der Waals surface area contributed by atoms with Crippen LogP contribution in [0.25, 0.3) is 0 Å². The first-order valence-electron chi connectivity index (χ1n) is 6.66. The lowest BCUT2D eigenvalue weighted by Crippen LogP contribution is -2.48. The van der Waals surface area contributed by atoms with Gasteiger partial charge in [-0.25, -0.2) is 0 Å². The molecular formula is C13H26N2O2. The van der Waals surface area contributed by atoms with Crippen LogP contribution >= 0.6 is 0 Å². The van der Waals surface area contributed by atoms with Gasteiger partial charge in [0.1, 0.15) is 0 Å². The van der Waals surface area contributed by atoms with E-state index in [1.165, 1.54) is 0 Å². The van der Waals surface area contributed by atoms with Gasteiger partial charge in [0.05, 0.1) is 18.1 Å². The maximum Gasteiger partial charge on any atom is 0.227 e. The van der Waals surface area contributed by atoms with Gasteiger partial charge in [-0.15, -0.1) is 0 Å². The molecule has 2 atom stereocenters. The summed E-state index contributed by atoms with van der Waals surface area (Å²) in [5.41, 5.74) is -0.260. The van der Waals surface area contributed by atoms with Crippen LogP contribution in [0.2, 0.25) is 0 Å². The van der Waals surface area contributed by atoms with Gasteiger partial charge in [-0.1, -0.05) is 20.8 Å². The Morgan fingerprint density at radius 1 is 1.53 bits per heavy atom. The van der Waals surface area contributed by atoms with E-state index in [0.717, 1.165) is 32.4 Å². The summed E-state index contributed by atoms with van der Waals surface area (Å²) in [5, 5.41) is 15.5. The lowest BCUT2D eigenvalue weighted by Gasteiger charge is -2.28. The van der Waals surface area contributed by atoms with E-state index >= 15 is 0 Å². The third kappa shape index (κ3) is 3.68. The first-order valence-corrected chi connectivity index (χ1v) is 6.66. The molecule has 0 spiro atoms. The van der Waals surface area contributed by atoms with E-state index in [2.05, 4.69) is 31.4 Å². The van der Waals surface area contributed by atoms with Gasteiger partial charge in [0.2, 0.25) is 5.91 Å². The van der Waals surface area contributed by atoms with Gasteiger partial charge in [-0.3, -0.25) is 4.79 Å². The zero-order valence-corrected chi connectivity index (χ0v) is 11.3. The predicted molar refractivity (Wildman–Crippen MR) is 68.7 cm³/mol. The molecule has 0 aliphatic carbocycles. The highest BCUT2D eigenvalue weighted by atomic mass is 16.3. The second-order valence-electron chi connectivity index (χ2n) is 5.54. The predicted octanol–water partition coefficient (Wildman–Crippen LogP) is 0.899. The average molecular weight is 242 g/mol. The van der Waals surface area contributed by atoms with Crippen molar-refractivity contribution < 1.29 is 9.90 Å². The first kappa shape index (κ1) is 14.5. The van der Waals surface area contributed by atoms with Crippen molar-refractivity contribution in [2.75, 3.05) is 19.7 Å². The van der Waals surface area contributed by atoms with Crippen LogP contribution in [0.3, 0.4) is 0 Å². The molecule has 17 heavy (non-hydrogen) atoms. The second-order valence-corrected chi connectivity index (χ2v) is 5.54. The second kappa shape index (κ2) is 6.36.